The molecule has 0 aliphatic heterocycles. The van der Waals surface area contributed by atoms with E-state index < -0.39 is 0 Å². The molecule has 2 aliphatic rings. The van der Waals surface area contributed by atoms with E-state index in [-0.39, 0.29) is 21.8 Å². The van der Waals surface area contributed by atoms with Crippen molar-refractivity contribution in [2.45, 2.75) is 46.1 Å². The second kappa shape index (κ2) is 2.25. The molecule has 0 heterocycles. The Kier molecular flexibility index (Phi) is 1.55. The van der Waals surface area contributed by atoms with E-state index in [1.807, 2.05) is 0 Å². The Bertz CT molecular complexity index is 262. The SMILES string of the molecule is CC1(C)[C@@H]2CC[C@@]1(C)C([N+](=O)[O-])C2. The van der Waals surface area contributed by atoms with E-state index in [0.717, 1.165) is 12.8 Å². The Morgan fingerprint density at radius 2 is 2.00 bits per heavy atom. The van der Waals surface area contributed by atoms with Crippen LogP contribution in [0.25, 0.3) is 0 Å². The molecule has 3 atom stereocenters. The van der Waals surface area contributed by atoms with Crippen molar-refractivity contribution < 1.29 is 4.92 Å². The highest BCUT2D eigenvalue weighted by molar-refractivity contribution is 5.10. The number of hydrogen-bond acceptors (Lipinski definition) is 2. The van der Waals surface area contributed by atoms with E-state index >= 15 is 0 Å². The first kappa shape index (κ1) is 8.97. The minimum atomic E-state index is -0.291. The third-order valence-electron chi connectivity index (χ3n) is 5.00. The lowest BCUT2D eigenvalue weighted by atomic mass is 9.69. The van der Waals surface area contributed by atoms with Gasteiger partial charge < -0.3 is 0 Å². The van der Waals surface area contributed by atoms with Crippen molar-refractivity contribution in [3.05, 3.63) is 10.1 Å². The van der Waals surface area contributed by atoms with E-state index in [2.05, 4.69) is 20.8 Å². The summed E-state index contributed by atoms with van der Waals surface area (Å²) in [5, 5.41) is 10.9. The fraction of sp³-hybridized carbons (Fsp3) is 1.00. The van der Waals surface area contributed by atoms with E-state index in [9.17, 15) is 10.1 Å². The van der Waals surface area contributed by atoms with Gasteiger partial charge in [0.15, 0.2) is 0 Å². The van der Waals surface area contributed by atoms with Crippen LogP contribution in [0.3, 0.4) is 0 Å². The molecule has 0 amide bonds. The van der Waals surface area contributed by atoms with Gasteiger partial charge >= 0.3 is 0 Å². The standard InChI is InChI=1S/C10H17NO2/c1-9(2)7-4-5-10(9,3)8(6-7)11(12)13/h7-8H,4-6H2,1-3H3/t7-,8?,10+/m1/s1. The van der Waals surface area contributed by atoms with Gasteiger partial charge in [-0.3, -0.25) is 10.1 Å². The molecular weight excluding hydrogens is 166 g/mol. The van der Waals surface area contributed by atoms with Crippen molar-refractivity contribution in [2.24, 2.45) is 16.7 Å². The molecule has 2 aliphatic carbocycles. The Hall–Kier alpha value is -0.600. The summed E-state index contributed by atoms with van der Waals surface area (Å²) in [4.78, 5) is 10.8. The molecule has 3 nitrogen and oxygen atoms in total. The summed E-state index contributed by atoms with van der Waals surface area (Å²) in [7, 11) is 0. The maximum absolute atomic E-state index is 10.9. The van der Waals surface area contributed by atoms with Crippen LogP contribution in [0, 0.1) is 26.9 Å². The summed E-state index contributed by atoms with van der Waals surface area (Å²) in [6, 6.07) is -0.291. The highest BCUT2D eigenvalue weighted by Crippen LogP contribution is 2.65. The topological polar surface area (TPSA) is 43.1 Å². The molecule has 0 aromatic rings. The number of hydrogen-bond donors (Lipinski definition) is 0. The molecule has 0 radical (unpaired) electrons. The van der Waals surface area contributed by atoms with Crippen molar-refractivity contribution in [3.63, 3.8) is 0 Å². The lowest BCUT2D eigenvalue weighted by Gasteiger charge is -2.34. The summed E-state index contributed by atoms with van der Waals surface area (Å²) < 4.78 is 0. The van der Waals surface area contributed by atoms with Gasteiger partial charge in [-0.15, -0.1) is 0 Å². The fourth-order valence-electron chi connectivity index (χ4n) is 3.48. The highest BCUT2D eigenvalue weighted by Gasteiger charge is 2.66. The summed E-state index contributed by atoms with van der Waals surface area (Å²) in [6.07, 6.45) is 3.03. The van der Waals surface area contributed by atoms with Crippen LogP contribution in [0.4, 0.5) is 0 Å². The third kappa shape index (κ3) is 0.851. The Morgan fingerprint density at radius 3 is 2.23 bits per heavy atom. The zero-order valence-electron chi connectivity index (χ0n) is 8.54. The van der Waals surface area contributed by atoms with Crippen molar-refractivity contribution in [3.8, 4) is 0 Å². The predicted molar refractivity (Wildman–Crippen MR) is 50.0 cm³/mol. The number of fused-ring (bicyclic) bond motifs is 2. The Balaban J connectivity index is 2.38. The van der Waals surface area contributed by atoms with Gasteiger partial charge in [-0.05, 0) is 24.2 Å². The second-order valence-corrected chi connectivity index (χ2v) is 5.41. The first-order valence-corrected chi connectivity index (χ1v) is 5.03. The van der Waals surface area contributed by atoms with Gasteiger partial charge in [-0.2, -0.15) is 0 Å². The van der Waals surface area contributed by atoms with Crippen molar-refractivity contribution in [1.29, 1.82) is 0 Å². The van der Waals surface area contributed by atoms with Crippen LogP contribution in [0.5, 0.6) is 0 Å². The molecule has 2 saturated carbocycles. The molecule has 74 valence electrons. The molecule has 0 spiro atoms. The molecule has 0 aromatic carbocycles. The molecular formula is C10H17NO2. The van der Waals surface area contributed by atoms with Gasteiger partial charge in [0, 0.05) is 16.8 Å². The Labute approximate surface area is 78.7 Å². The molecule has 2 bridgehead atoms. The molecule has 3 heteroatoms. The van der Waals surface area contributed by atoms with Crippen LogP contribution < -0.4 is 0 Å². The van der Waals surface area contributed by atoms with Gasteiger partial charge in [0.1, 0.15) is 0 Å². The lowest BCUT2D eigenvalue weighted by Crippen LogP contribution is -2.39. The zero-order valence-corrected chi connectivity index (χ0v) is 8.54. The summed E-state index contributed by atoms with van der Waals surface area (Å²) in [6.45, 7) is 6.51. The normalized spacial score (nSPS) is 46.7. The maximum Gasteiger partial charge on any atom is 0.219 e. The van der Waals surface area contributed by atoms with Crippen LogP contribution in [0.1, 0.15) is 40.0 Å². The number of nitro groups is 1. The number of rotatable bonds is 1. The van der Waals surface area contributed by atoms with Gasteiger partial charge in [-0.25, -0.2) is 0 Å². The van der Waals surface area contributed by atoms with E-state index in [4.69, 9.17) is 0 Å². The molecule has 2 rings (SSSR count). The van der Waals surface area contributed by atoms with Crippen LogP contribution in [-0.2, 0) is 0 Å². The molecule has 0 N–H and O–H groups in total. The number of nitrogens with zero attached hydrogens (tertiary/aromatic N) is 1. The smallest absolute Gasteiger partial charge is 0.219 e. The van der Waals surface area contributed by atoms with Gasteiger partial charge in [-0.1, -0.05) is 20.8 Å². The van der Waals surface area contributed by atoms with E-state index in [1.165, 1.54) is 6.42 Å². The van der Waals surface area contributed by atoms with Crippen LogP contribution in [-0.4, -0.2) is 11.0 Å². The Morgan fingerprint density at radius 1 is 1.38 bits per heavy atom. The second-order valence-electron chi connectivity index (χ2n) is 5.41. The van der Waals surface area contributed by atoms with Crippen LogP contribution in [0.15, 0.2) is 0 Å². The summed E-state index contributed by atoms with van der Waals surface area (Å²) in [5.74, 6) is 0.577. The molecule has 0 saturated heterocycles. The first-order chi connectivity index (χ1) is 5.89. The predicted octanol–water partition coefficient (Wildman–Crippen LogP) is 2.48. The van der Waals surface area contributed by atoms with Gasteiger partial charge in [0.25, 0.3) is 0 Å². The zero-order chi connectivity index (χ0) is 9.85. The van der Waals surface area contributed by atoms with Crippen LogP contribution >= 0.6 is 0 Å². The van der Waals surface area contributed by atoms with Crippen molar-refractivity contribution in [1.82, 2.24) is 0 Å². The van der Waals surface area contributed by atoms with Crippen LogP contribution in [0.2, 0.25) is 0 Å². The van der Waals surface area contributed by atoms with Crippen molar-refractivity contribution in [2.75, 3.05) is 0 Å². The van der Waals surface area contributed by atoms with Crippen molar-refractivity contribution >= 4 is 0 Å². The molecule has 2 fully saturated rings. The summed E-state index contributed by atoms with van der Waals surface area (Å²) in [5.41, 5.74) is 0.117. The minimum absolute atomic E-state index is 0.0544. The minimum Gasteiger partial charge on any atom is -0.264 e. The molecule has 13 heavy (non-hydrogen) atoms. The average molecular weight is 183 g/mol. The quantitative estimate of drug-likeness (QED) is 0.463. The average Bonchev–Trinajstić information content (AvgIpc) is 2.34. The lowest BCUT2D eigenvalue weighted by molar-refractivity contribution is -0.541. The van der Waals surface area contributed by atoms with Gasteiger partial charge in [0.2, 0.25) is 6.04 Å². The highest BCUT2D eigenvalue weighted by atomic mass is 16.6. The van der Waals surface area contributed by atoms with E-state index in [0.29, 0.717) is 5.92 Å². The maximum atomic E-state index is 10.9. The molecule has 1 unspecified atom stereocenters. The third-order valence-corrected chi connectivity index (χ3v) is 5.00. The first-order valence-electron chi connectivity index (χ1n) is 5.03. The van der Waals surface area contributed by atoms with E-state index in [1.54, 1.807) is 0 Å². The molecule has 0 aromatic heterocycles. The monoisotopic (exact) mass is 183 g/mol. The fourth-order valence-corrected chi connectivity index (χ4v) is 3.48. The van der Waals surface area contributed by atoms with Gasteiger partial charge in [0.05, 0.1) is 0 Å². The summed E-state index contributed by atoms with van der Waals surface area (Å²) >= 11 is 0. The largest absolute Gasteiger partial charge is 0.264 e.